The molecule has 0 fully saturated rings. The Morgan fingerprint density at radius 1 is 0.882 bits per heavy atom. The van der Waals surface area contributed by atoms with Crippen molar-refractivity contribution in [2.45, 2.75) is 39.5 Å². The minimum Gasteiger partial charge on any atom is -1.00 e. The van der Waals surface area contributed by atoms with Crippen molar-refractivity contribution in [1.82, 2.24) is 0 Å². The molecule has 0 aromatic rings. The van der Waals surface area contributed by atoms with Gasteiger partial charge in [-0.1, -0.05) is 13.8 Å². The van der Waals surface area contributed by atoms with Gasteiger partial charge in [-0.05, 0) is 0 Å². The zero-order valence-electron chi connectivity index (χ0n) is 10.2. The van der Waals surface area contributed by atoms with Gasteiger partial charge < -0.3 is 24.8 Å². The summed E-state index contributed by atoms with van der Waals surface area (Å²) in [5, 5.41) is 0. The van der Waals surface area contributed by atoms with E-state index in [1.165, 1.54) is 35.1 Å². The molecule has 0 spiro atoms. The van der Waals surface area contributed by atoms with Crippen molar-refractivity contribution in [3.05, 3.63) is 46.6 Å². The van der Waals surface area contributed by atoms with Gasteiger partial charge in [-0.25, -0.2) is 11.1 Å². The van der Waals surface area contributed by atoms with E-state index in [0.717, 1.165) is 12.8 Å². The van der Waals surface area contributed by atoms with Crippen LogP contribution in [0.5, 0.6) is 0 Å². The molecule has 2 aliphatic rings. The predicted octanol–water partition coefficient (Wildman–Crippen LogP) is -2.07. The van der Waals surface area contributed by atoms with Crippen LogP contribution in [0.3, 0.4) is 0 Å². The molecule has 0 saturated carbocycles. The van der Waals surface area contributed by atoms with E-state index < -0.39 is 0 Å². The van der Waals surface area contributed by atoms with E-state index in [0.29, 0.717) is 0 Å². The Hall–Kier alpha value is 0.254. The van der Waals surface area contributed by atoms with Crippen LogP contribution in [0.4, 0.5) is 0 Å². The SMILES string of the molecule is CC1=[C-]CC=C1CCC1=CC[C-]=C1C.[Cl-].[Cl-].[Ti+4]. The van der Waals surface area contributed by atoms with Crippen molar-refractivity contribution in [3.63, 3.8) is 0 Å². The van der Waals surface area contributed by atoms with Gasteiger partial charge in [0.2, 0.25) is 0 Å². The average molecular weight is 303 g/mol. The molecule has 0 aliphatic heterocycles. The van der Waals surface area contributed by atoms with Crippen LogP contribution in [-0.4, -0.2) is 0 Å². The summed E-state index contributed by atoms with van der Waals surface area (Å²) in [6, 6.07) is 0. The van der Waals surface area contributed by atoms with Crippen LogP contribution in [0.2, 0.25) is 0 Å². The summed E-state index contributed by atoms with van der Waals surface area (Å²) in [5.41, 5.74) is 5.69. The molecule has 3 heteroatoms. The van der Waals surface area contributed by atoms with Gasteiger partial charge in [0.1, 0.15) is 0 Å². The molecule has 0 saturated heterocycles. The van der Waals surface area contributed by atoms with Gasteiger partial charge in [-0.2, -0.15) is 23.3 Å². The monoisotopic (exact) mass is 302 g/mol. The number of allylic oxidation sites excluding steroid dienone is 8. The van der Waals surface area contributed by atoms with Crippen LogP contribution < -0.4 is 24.8 Å². The Balaban J connectivity index is 0. The molecule has 0 amide bonds. The fourth-order valence-electron chi connectivity index (χ4n) is 2.04. The van der Waals surface area contributed by atoms with E-state index in [9.17, 15) is 0 Å². The van der Waals surface area contributed by atoms with E-state index in [1.54, 1.807) is 0 Å². The van der Waals surface area contributed by atoms with Crippen molar-refractivity contribution >= 4 is 0 Å². The van der Waals surface area contributed by atoms with E-state index in [2.05, 4.69) is 38.2 Å². The van der Waals surface area contributed by atoms with Crippen molar-refractivity contribution in [2.24, 2.45) is 0 Å². The summed E-state index contributed by atoms with van der Waals surface area (Å²) in [6.07, 6.45) is 15.6. The molecule has 0 aromatic carbocycles. The van der Waals surface area contributed by atoms with E-state index in [-0.39, 0.29) is 46.5 Å². The molecule has 17 heavy (non-hydrogen) atoms. The minimum absolute atomic E-state index is 0. The molecule has 0 unspecified atom stereocenters. The van der Waals surface area contributed by atoms with E-state index >= 15 is 0 Å². The number of halogens is 2. The Kier molecular flexibility index (Phi) is 10.6. The third-order valence-electron chi connectivity index (χ3n) is 3.06. The van der Waals surface area contributed by atoms with Crippen molar-refractivity contribution in [1.29, 1.82) is 0 Å². The van der Waals surface area contributed by atoms with Crippen LogP contribution in [0, 0.1) is 12.2 Å². The zero-order chi connectivity index (χ0) is 9.97. The smallest absolute Gasteiger partial charge is 1.00 e. The molecule has 0 nitrogen and oxygen atoms in total. The van der Waals surface area contributed by atoms with Gasteiger partial charge in [-0.15, -0.1) is 25.7 Å². The maximum absolute atomic E-state index is 3.34. The summed E-state index contributed by atoms with van der Waals surface area (Å²) in [6.45, 7) is 4.33. The topological polar surface area (TPSA) is 0 Å². The van der Waals surface area contributed by atoms with Crippen molar-refractivity contribution in [2.75, 3.05) is 0 Å². The van der Waals surface area contributed by atoms with Gasteiger partial charge in [0.05, 0.1) is 0 Å². The molecule has 0 atom stereocenters. The van der Waals surface area contributed by atoms with Crippen LogP contribution in [0.1, 0.15) is 39.5 Å². The van der Waals surface area contributed by atoms with Gasteiger partial charge in [0, 0.05) is 0 Å². The largest absolute Gasteiger partial charge is 4.00 e. The predicted molar refractivity (Wildman–Crippen MR) is 59.5 cm³/mol. The normalized spacial score (nSPS) is 16.8. The molecule has 0 N–H and O–H groups in total. The molecule has 2 rings (SSSR count). The molecule has 0 bridgehead atoms. The first-order valence-electron chi connectivity index (χ1n) is 5.31. The number of rotatable bonds is 3. The standard InChI is InChI=1S/C14H16.2ClH.Ti/c1-11-5-3-7-13(11)9-10-14-8-4-6-12(14)2;;;/h7-8H,3-4,9-10H2,1-2H3;2*1H;/q-2;;;+4/p-2. The number of hydrogen-bond donors (Lipinski definition) is 0. The third-order valence-corrected chi connectivity index (χ3v) is 3.06. The van der Waals surface area contributed by atoms with Crippen LogP contribution in [0.25, 0.3) is 0 Å². The Bertz CT molecular complexity index is 326. The molecule has 90 valence electrons. The van der Waals surface area contributed by atoms with Crippen LogP contribution in [-0.2, 0) is 21.7 Å². The maximum atomic E-state index is 3.34. The van der Waals surface area contributed by atoms with Crippen molar-refractivity contribution in [3.8, 4) is 0 Å². The molecule has 0 aromatic heterocycles. The Morgan fingerprint density at radius 2 is 1.24 bits per heavy atom. The van der Waals surface area contributed by atoms with Gasteiger partial charge in [0.25, 0.3) is 0 Å². The summed E-state index contributed by atoms with van der Waals surface area (Å²) < 4.78 is 0. The van der Waals surface area contributed by atoms with E-state index in [4.69, 9.17) is 0 Å². The molecule has 0 radical (unpaired) electrons. The Morgan fingerprint density at radius 3 is 1.47 bits per heavy atom. The van der Waals surface area contributed by atoms with Gasteiger partial charge >= 0.3 is 21.7 Å². The summed E-state index contributed by atoms with van der Waals surface area (Å²) >= 11 is 0. The summed E-state index contributed by atoms with van der Waals surface area (Å²) in [4.78, 5) is 0. The van der Waals surface area contributed by atoms with Crippen molar-refractivity contribution < 1.29 is 46.5 Å². The first-order valence-corrected chi connectivity index (χ1v) is 5.31. The first-order chi connectivity index (χ1) is 6.77. The van der Waals surface area contributed by atoms with E-state index in [1.807, 2.05) is 0 Å². The molecule has 2 aliphatic carbocycles. The quantitative estimate of drug-likeness (QED) is 0.415. The fourth-order valence-corrected chi connectivity index (χ4v) is 2.04. The molecular formula is C14H16Cl2Ti. The fraction of sp³-hybridized carbons (Fsp3) is 0.429. The number of hydrogen-bond acceptors (Lipinski definition) is 0. The van der Waals surface area contributed by atoms with Gasteiger partial charge in [-0.3, -0.25) is 12.2 Å². The van der Waals surface area contributed by atoms with Crippen LogP contribution >= 0.6 is 0 Å². The average Bonchev–Trinajstić information content (AvgIpc) is 2.72. The second-order valence-corrected chi connectivity index (χ2v) is 3.97. The summed E-state index contributed by atoms with van der Waals surface area (Å²) in [5.74, 6) is 0. The second kappa shape index (κ2) is 9.22. The zero-order valence-corrected chi connectivity index (χ0v) is 13.3. The second-order valence-electron chi connectivity index (χ2n) is 3.97. The summed E-state index contributed by atoms with van der Waals surface area (Å²) in [7, 11) is 0. The van der Waals surface area contributed by atoms with Crippen LogP contribution in [0.15, 0.2) is 34.4 Å². The Labute approximate surface area is 132 Å². The third kappa shape index (κ3) is 5.18. The molecule has 0 heterocycles. The minimum atomic E-state index is 0. The molecular weight excluding hydrogens is 287 g/mol. The first kappa shape index (κ1) is 19.6. The van der Waals surface area contributed by atoms with Gasteiger partial charge in [0.15, 0.2) is 0 Å². The maximum Gasteiger partial charge on any atom is 4.00 e.